The van der Waals surface area contributed by atoms with Crippen LogP contribution in [-0.2, 0) is 0 Å². The summed E-state index contributed by atoms with van der Waals surface area (Å²) in [6.07, 6.45) is 0. The SMILES string of the molecule is O=c1c2ccccc2c2cc(-c3cccc(-n4c5ccccc5c5cc(-c6ccc7c(c6)c6ccccc6n7-c6ccccc6)ccc54)c3)cc3c4cc(-c5ccccc5)ccc4n1c23. The van der Waals surface area contributed by atoms with E-state index in [2.05, 4.69) is 209 Å². The number of benzene rings is 10. The first-order valence-corrected chi connectivity index (χ1v) is 22.2. The molecule has 0 fully saturated rings. The van der Waals surface area contributed by atoms with Gasteiger partial charge in [0.25, 0.3) is 5.56 Å². The maximum atomic E-state index is 14.3. The quantitative estimate of drug-likeness (QED) is 0.159. The summed E-state index contributed by atoms with van der Waals surface area (Å²) in [6, 6.07) is 80.4. The first kappa shape index (κ1) is 35.8. The van der Waals surface area contributed by atoms with E-state index in [9.17, 15) is 4.79 Å². The van der Waals surface area contributed by atoms with Gasteiger partial charge in [-0.2, -0.15) is 0 Å². The summed E-state index contributed by atoms with van der Waals surface area (Å²) in [4.78, 5) is 14.3. The Balaban J connectivity index is 0.941. The van der Waals surface area contributed by atoms with E-state index in [4.69, 9.17) is 0 Å². The highest BCUT2D eigenvalue weighted by atomic mass is 16.1. The van der Waals surface area contributed by atoms with Crippen LogP contribution in [0.5, 0.6) is 0 Å². The molecule has 0 radical (unpaired) electrons. The van der Waals surface area contributed by atoms with Crippen molar-refractivity contribution < 1.29 is 0 Å². The fourth-order valence-corrected chi connectivity index (χ4v) is 10.8. The minimum atomic E-state index is 0.0149. The highest BCUT2D eigenvalue weighted by Crippen LogP contribution is 2.42. The van der Waals surface area contributed by atoms with Crippen LogP contribution in [0.1, 0.15) is 0 Å². The number of pyridine rings is 1. The molecular formula is C61H37N3O. The third-order valence-electron chi connectivity index (χ3n) is 13.7. The van der Waals surface area contributed by atoms with Gasteiger partial charge in [-0.05, 0) is 130 Å². The summed E-state index contributed by atoms with van der Waals surface area (Å²) in [6.45, 7) is 0. The van der Waals surface area contributed by atoms with Gasteiger partial charge in [0.15, 0.2) is 0 Å². The Morgan fingerprint density at radius 3 is 1.31 bits per heavy atom. The maximum absolute atomic E-state index is 14.3. The number of hydrogen-bond acceptors (Lipinski definition) is 1. The van der Waals surface area contributed by atoms with Crippen LogP contribution in [0, 0.1) is 0 Å². The molecular weight excluding hydrogens is 791 g/mol. The Bertz CT molecular complexity index is 4310. The molecule has 0 unspecified atom stereocenters. The van der Waals surface area contributed by atoms with E-state index in [-0.39, 0.29) is 5.56 Å². The lowest BCUT2D eigenvalue weighted by molar-refractivity contribution is 1.18. The summed E-state index contributed by atoms with van der Waals surface area (Å²) < 4.78 is 6.71. The van der Waals surface area contributed by atoms with Crippen molar-refractivity contribution in [2.45, 2.75) is 0 Å². The predicted octanol–water partition coefficient (Wildman–Crippen LogP) is 15.4. The molecule has 4 heteroatoms. The van der Waals surface area contributed by atoms with Crippen LogP contribution in [0.4, 0.5) is 0 Å². The van der Waals surface area contributed by atoms with Gasteiger partial charge < -0.3 is 9.13 Å². The molecule has 14 aromatic rings. The molecule has 4 nitrogen and oxygen atoms in total. The van der Waals surface area contributed by atoms with Gasteiger partial charge in [0, 0.05) is 54.5 Å². The van der Waals surface area contributed by atoms with E-state index in [1.54, 1.807) is 0 Å². The summed E-state index contributed by atoms with van der Waals surface area (Å²) in [5.74, 6) is 0. The van der Waals surface area contributed by atoms with Crippen LogP contribution < -0.4 is 5.56 Å². The summed E-state index contributed by atoms with van der Waals surface area (Å²) in [5.41, 5.74) is 15.7. The Labute approximate surface area is 373 Å². The lowest BCUT2D eigenvalue weighted by Crippen LogP contribution is -2.12. The van der Waals surface area contributed by atoms with E-state index >= 15 is 0 Å². The van der Waals surface area contributed by atoms with Crippen molar-refractivity contribution in [1.29, 1.82) is 0 Å². The van der Waals surface area contributed by atoms with Crippen LogP contribution in [0.25, 0.3) is 126 Å². The molecule has 0 amide bonds. The normalized spacial score (nSPS) is 12.1. The molecule has 0 aliphatic rings. The predicted molar refractivity (Wildman–Crippen MR) is 272 cm³/mol. The number of aromatic nitrogens is 3. The molecule has 0 atom stereocenters. The van der Waals surface area contributed by atoms with E-state index < -0.39 is 0 Å². The second kappa shape index (κ2) is 13.6. The highest BCUT2D eigenvalue weighted by Gasteiger charge is 2.21. The Morgan fingerprint density at radius 2 is 0.662 bits per heavy atom. The van der Waals surface area contributed by atoms with E-state index in [0.29, 0.717) is 0 Å². The number of nitrogens with zero attached hydrogens (tertiary/aromatic N) is 3. The molecule has 0 aliphatic carbocycles. The Hall–Kier alpha value is -8.73. The standard InChI is InChI=1S/C61H37N3O/c65-61-49-23-8-7-20-46(49)53-36-43(37-54-52-33-40(38-14-3-1-4-15-38)26-31-59(52)64(61)60(53)54)39-16-13-19-45(32-39)63-56-25-12-10-22-48(56)51-35-42(28-30-58(51)63)41-27-29-57-50(34-41)47-21-9-11-24-55(47)62(57)44-17-5-2-6-18-44/h1-37H. The zero-order valence-corrected chi connectivity index (χ0v) is 35.1. The number of fused-ring (bicyclic) bond motifs is 11. The highest BCUT2D eigenvalue weighted by molar-refractivity contribution is 6.22. The van der Waals surface area contributed by atoms with Crippen molar-refractivity contribution in [1.82, 2.24) is 13.5 Å². The lowest BCUT2D eigenvalue weighted by atomic mass is 9.96. The molecule has 4 heterocycles. The number of para-hydroxylation sites is 3. The van der Waals surface area contributed by atoms with Gasteiger partial charge in [-0.15, -0.1) is 0 Å². The van der Waals surface area contributed by atoms with Crippen molar-refractivity contribution in [3.63, 3.8) is 0 Å². The second-order valence-electron chi connectivity index (χ2n) is 17.3. The minimum Gasteiger partial charge on any atom is -0.309 e. The van der Waals surface area contributed by atoms with Gasteiger partial charge in [-0.3, -0.25) is 9.20 Å². The van der Waals surface area contributed by atoms with Gasteiger partial charge in [0.2, 0.25) is 0 Å². The zero-order chi connectivity index (χ0) is 42.8. The molecule has 14 rings (SSSR count). The monoisotopic (exact) mass is 827 g/mol. The smallest absolute Gasteiger partial charge is 0.263 e. The van der Waals surface area contributed by atoms with Gasteiger partial charge in [0.05, 0.1) is 33.1 Å². The van der Waals surface area contributed by atoms with Gasteiger partial charge >= 0.3 is 0 Å². The summed E-state index contributed by atoms with van der Waals surface area (Å²) in [5, 5.41) is 9.82. The van der Waals surface area contributed by atoms with E-state index in [1.165, 1.54) is 43.7 Å². The van der Waals surface area contributed by atoms with Crippen LogP contribution in [0.2, 0.25) is 0 Å². The fraction of sp³-hybridized carbons (Fsp3) is 0. The van der Waals surface area contributed by atoms with Crippen LogP contribution in [0.15, 0.2) is 229 Å². The van der Waals surface area contributed by atoms with Crippen LogP contribution >= 0.6 is 0 Å². The first-order valence-electron chi connectivity index (χ1n) is 22.2. The summed E-state index contributed by atoms with van der Waals surface area (Å²) in [7, 11) is 0. The average Bonchev–Trinajstić information content (AvgIpc) is 4.01. The van der Waals surface area contributed by atoms with Crippen molar-refractivity contribution in [2.75, 3.05) is 0 Å². The molecule has 65 heavy (non-hydrogen) atoms. The minimum absolute atomic E-state index is 0.0149. The Morgan fingerprint density at radius 1 is 0.246 bits per heavy atom. The second-order valence-corrected chi connectivity index (χ2v) is 17.3. The molecule has 0 saturated carbocycles. The van der Waals surface area contributed by atoms with Crippen molar-refractivity contribution >= 4 is 81.6 Å². The lowest BCUT2D eigenvalue weighted by Gasteiger charge is -2.12. The molecule has 0 aliphatic heterocycles. The molecule has 0 spiro atoms. The molecule has 4 aromatic heterocycles. The first-order chi connectivity index (χ1) is 32.2. The van der Waals surface area contributed by atoms with Crippen molar-refractivity contribution in [3.05, 3.63) is 235 Å². The largest absolute Gasteiger partial charge is 0.309 e. The van der Waals surface area contributed by atoms with E-state index in [0.717, 1.165) is 82.6 Å². The van der Waals surface area contributed by atoms with Crippen molar-refractivity contribution in [3.8, 4) is 44.8 Å². The molecule has 0 bridgehead atoms. The third-order valence-corrected chi connectivity index (χ3v) is 13.7. The van der Waals surface area contributed by atoms with E-state index in [1.807, 2.05) is 28.7 Å². The third kappa shape index (κ3) is 5.22. The molecule has 0 saturated heterocycles. The number of rotatable bonds is 5. The summed E-state index contributed by atoms with van der Waals surface area (Å²) >= 11 is 0. The van der Waals surface area contributed by atoms with Crippen LogP contribution in [-0.4, -0.2) is 13.5 Å². The zero-order valence-electron chi connectivity index (χ0n) is 35.1. The Kier molecular flexibility index (Phi) is 7.51. The van der Waals surface area contributed by atoms with Crippen molar-refractivity contribution in [2.24, 2.45) is 0 Å². The molecule has 302 valence electrons. The van der Waals surface area contributed by atoms with Crippen LogP contribution in [0.3, 0.4) is 0 Å². The van der Waals surface area contributed by atoms with Gasteiger partial charge in [-0.1, -0.05) is 133 Å². The number of hydrogen-bond donors (Lipinski definition) is 0. The maximum Gasteiger partial charge on any atom is 0.263 e. The molecule has 10 aromatic carbocycles. The fourth-order valence-electron chi connectivity index (χ4n) is 10.8. The van der Waals surface area contributed by atoms with Gasteiger partial charge in [-0.25, -0.2) is 0 Å². The van der Waals surface area contributed by atoms with Gasteiger partial charge in [0.1, 0.15) is 0 Å². The topological polar surface area (TPSA) is 31.3 Å². The average molecular weight is 828 g/mol. The molecule has 0 N–H and O–H groups in total.